The van der Waals surface area contributed by atoms with Crippen LogP contribution in [0.1, 0.15) is 19.5 Å². The van der Waals surface area contributed by atoms with Crippen molar-refractivity contribution in [2.75, 3.05) is 30.3 Å². The molecule has 0 fully saturated rings. The predicted molar refractivity (Wildman–Crippen MR) is 98.9 cm³/mol. The smallest absolute Gasteiger partial charge is 0.260 e. The Kier molecular flexibility index (Phi) is 7.13. The lowest BCUT2D eigenvalue weighted by Crippen LogP contribution is -2.38. The molecule has 0 aliphatic rings. The number of anilines is 2. The number of ether oxygens (including phenoxy) is 1. The number of halogens is 1. The first-order valence-electron chi connectivity index (χ1n) is 8.52. The van der Waals surface area contributed by atoms with Crippen molar-refractivity contribution in [1.82, 2.24) is 15.3 Å². The number of nitrogens with zero attached hydrogens (tertiary/aromatic N) is 2. The average molecular weight is 361 g/mol. The van der Waals surface area contributed by atoms with Crippen molar-refractivity contribution in [3.63, 3.8) is 0 Å². The molecule has 1 atom stereocenters. The Morgan fingerprint density at radius 3 is 2.73 bits per heavy atom. The van der Waals surface area contributed by atoms with Gasteiger partial charge in [-0.15, -0.1) is 0 Å². The van der Waals surface area contributed by atoms with E-state index in [0.717, 1.165) is 18.1 Å². The van der Waals surface area contributed by atoms with Crippen LogP contribution in [0, 0.1) is 12.7 Å². The van der Waals surface area contributed by atoms with Crippen LogP contribution in [-0.2, 0) is 4.79 Å². The molecule has 26 heavy (non-hydrogen) atoms. The molecule has 0 spiro atoms. The van der Waals surface area contributed by atoms with Crippen molar-refractivity contribution < 1.29 is 13.9 Å². The summed E-state index contributed by atoms with van der Waals surface area (Å²) in [6, 6.07) is 7.84. The summed E-state index contributed by atoms with van der Waals surface area (Å²) in [5, 5.41) is 8.92. The van der Waals surface area contributed by atoms with Crippen molar-refractivity contribution in [3.8, 4) is 5.75 Å². The van der Waals surface area contributed by atoms with Crippen LogP contribution in [0.15, 0.2) is 30.3 Å². The van der Waals surface area contributed by atoms with Crippen LogP contribution < -0.4 is 20.7 Å². The topological polar surface area (TPSA) is 88.2 Å². The van der Waals surface area contributed by atoms with Crippen molar-refractivity contribution in [3.05, 3.63) is 41.8 Å². The molecule has 1 unspecified atom stereocenters. The van der Waals surface area contributed by atoms with Gasteiger partial charge >= 0.3 is 0 Å². The van der Waals surface area contributed by atoms with Gasteiger partial charge in [-0.2, -0.15) is 4.98 Å². The molecular formula is C18H24FN5O2. The van der Waals surface area contributed by atoms with Crippen LogP contribution >= 0.6 is 0 Å². The van der Waals surface area contributed by atoms with E-state index in [0.29, 0.717) is 19.0 Å². The maximum Gasteiger partial charge on any atom is 0.260 e. The van der Waals surface area contributed by atoms with Gasteiger partial charge in [-0.05, 0) is 32.9 Å². The largest absolute Gasteiger partial charge is 0.478 e. The van der Waals surface area contributed by atoms with Crippen molar-refractivity contribution in [2.45, 2.75) is 26.9 Å². The third-order valence-corrected chi connectivity index (χ3v) is 3.43. The minimum absolute atomic E-state index is 0.0531. The maximum absolute atomic E-state index is 13.5. The van der Waals surface area contributed by atoms with E-state index in [1.807, 2.05) is 19.9 Å². The van der Waals surface area contributed by atoms with E-state index in [2.05, 4.69) is 25.9 Å². The number of benzene rings is 1. The number of nitrogens with one attached hydrogen (secondary N) is 3. The Morgan fingerprint density at radius 1 is 1.23 bits per heavy atom. The highest BCUT2D eigenvalue weighted by Gasteiger charge is 2.15. The SMILES string of the molecule is CCNc1cc(C)nc(NCCNC(=O)C(C)Oc2ccccc2F)n1. The number of hydrogen-bond acceptors (Lipinski definition) is 6. The third kappa shape index (κ3) is 5.87. The summed E-state index contributed by atoms with van der Waals surface area (Å²) in [7, 11) is 0. The summed E-state index contributed by atoms with van der Waals surface area (Å²) >= 11 is 0. The molecule has 1 amide bonds. The number of hydrogen-bond donors (Lipinski definition) is 3. The Morgan fingerprint density at radius 2 is 2.00 bits per heavy atom. The maximum atomic E-state index is 13.5. The fraction of sp³-hybridized carbons (Fsp3) is 0.389. The summed E-state index contributed by atoms with van der Waals surface area (Å²) in [6.07, 6.45) is -0.803. The molecule has 1 aromatic carbocycles. The molecule has 0 saturated carbocycles. The van der Waals surface area contributed by atoms with E-state index in [1.54, 1.807) is 19.1 Å². The molecule has 0 saturated heterocycles. The number of para-hydroxylation sites is 1. The molecule has 0 aliphatic heterocycles. The van der Waals surface area contributed by atoms with Gasteiger partial charge in [0.05, 0.1) is 0 Å². The second kappa shape index (κ2) is 9.55. The summed E-state index contributed by atoms with van der Waals surface area (Å²) in [4.78, 5) is 20.7. The van der Waals surface area contributed by atoms with Gasteiger partial charge in [-0.3, -0.25) is 4.79 Å². The van der Waals surface area contributed by atoms with E-state index in [-0.39, 0.29) is 11.7 Å². The zero-order valence-electron chi connectivity index (χ0n) is 15.2. The molecule has 7 nitrogen and oxygen atoms in total. The number of amides is 1. The van der Waals surface area contributed by atoms with Gasteiger partial charge in [0, 0.05) is 31.4 Å². The molecule has 0 aliphatic carbocycles. The summed E-state index contributed by atoms with van der Waals surface area (Å²) in [5.41, 5.74) is 0.842. The highest BCUT2D eigenvalue weighted by molar-refractivity contribution is 5.80. The third-order valence-electron chi connectivity index (χ3n) is 3.43. The molecule has 3 N–H and O–H groups in total. The molecular weight excluding hydrogens is 337 g/mol. The monoisotopic (exact) mass is 361 g/mol. The zero-order valence-corrected chi connectivity index (χ0v) is 15.2. The van der Waals surface area contributed by atoms with E-state index in [1.165, 1.54) is 12.1 Å². The fourth-order valence-electron chi connectivity index (χ4n) is 2.21. The van der Waals surface area contributed by atoms with Gasteiger partial charge in [0.1, 0.15) is 5.82 Å². The van der Waals surface area contributed by atoms with Crippen LogP contribution in [-0.4, -0.2) is 41.6 Å². The van der Waals surface area contributed by atoms with Crippen molar-refractivity contribution >= 4 is 17.7 Å². The lowest BCUT2D eigenvalue weighted by atomic mass is 10.3. The molecule has 0 radical (unpaired) electrons. The lowest BCUT2D eigenvalue weighted by Gasteiger charge is -2.15. The first-order valence-corrected chi connectivity index (χ1v) is 8.52. The molecule has 2 rings (SSSR count). The molecule has 1 heterocycles. The van der Waals surface area contributed by atoms with Crippen LogP contribution in [0.2, 0.25) is 0 Å². The van der Waals surface area contributed by atoms with E-state index >= 15 is 0 Å². The Bertz CT molecular complexity index is 741. The van der Waals surface area contributed by atoms with Crippen LogP contribution in [0.3, 0.4) is 0 Å². The highest BCUT2D eigenvalue weighted by Crippen LogP contribution is 2.16. The van der Waals surface area contributed by atoms with Crippen LogP contribution in [0.5, 0.6) is 5.75 Å². The number of carbonyl (C=O) groups excluding carboxylic acids is 1. The Labute approximate surface area is 152 Å². The Balaban J connectivity index is 1.77. The highest BCUT2D eigenvalue weighted by atomic mass is 19.1. The summed E-state index contributed by atoms with van der Waals surface area (Å²) < 4.78 is 18.9. The van der Waals surface area contributed by atoms with Gasteiger partial charge in [0.25, 0.3) is 5.91 Å². The molecule has 0 bridgehead atoms. The average Bonchev–Trinajstić information content (AvgIpc) is 2.60. The van der Waals surface area contributed by atoms with Crippen molar-refractivity contribution in [1.29, 1.82) is 0 Å². The Hall–Kier alpha value is -2.90. The van der Waals surface area contributed by atoms with E-state index in [9.17, 15) is 9.18 Å². The molecule has 8 heteroatoms. The summed E-state index contributed by atoms with van der Waals surface area (Å²) in [6.45, 7) is 7.03. The minimum atomic E-state index is -0.803. The quantitative estimate of drug-likeness (QED) is 0.594. The second-order valence-corrected chi connectivity index (χ2v) is 5.66. The van der Waals surface area contributed by atoms with Gasteiger partial charge in [0.15, 0.2) is 17.7 Å². The van der Waals surface area contributed by atoms with Gasteiger partial charge in [-0.1, -0.05) is 12.1 Å². The number of rotatable bonds is 9. The summed E-state index contributed by atoms with van der Waals surface area (Å²) in [5.74, 6) is 0.470. The number of aryl methyl sites for hydroxylation is 1. The van der Waals surface area contributed by atoms with Crippen LogP contribution in [0.4, 0.5) is 16.2 Å². The predicted octanol–water partition coefficient (Wildman–Crippen LogP) is 2.35. The van der Waals surface area contributed by atoms with E-state index < -0.39 is 11.9 Å². The van der Waals surface area contributed by atoms with E-state index in [4.69, 9.17) is 4.74 Å². The van der Waals surface area contributed by atoms with Gasteiger partial charge < -0.3 is 20.7 Å². The normalized spacial score (nSPS) is 11.5. The van der Waals surface area contributed by atoms with Gasteiger partial charge in [0.2, 0.25) is 5.95 Å². The molecule has 1 aromatic heterocycles. The molecule has 2 aromatic rings. The standard InChI is InChI=1S/C18H24FN5O2/c1-4-20-16-11-12(2)23-18(24-16)22-10-9-21-17(25)13(3)26-15-8-6-5-7-14(15)19/h5-8,11,13H,4,9-10H2,1-3H3,(H,21,25)(H2,20,22,23,24). The van der Waals surface area contributed by atoms with Crippen molar-refractivity contribution in [2.24, 2.45) is 0 Å². The second-order valence-electron chi connectivity index (χ2n) is 5.66. The molecule has 140 valence electrons. The van der Waals surface area contributed by atoms with Gasteiger partial charge in [-0.25, -0.2) is 9.37 Å². The first kappa shape index (κ1) is 19.4. The fourth-order valence-corrected chi connectivity index (χ4v) is 2.21. The zero-order chi connectivity index (χ0) is 18.9. The number of aromatic nitrogens is 2. The lowest BCUT2D eigenvalue weighted by molar-refractivity contribution is -0.127. The van der Waals surface area contributed by atoms with Crippen LogP contribution in [0.25, 0.3) is 0 Å². The first-order chi connectivity index (χ1) is 12.5. The number of carbonyl (C=O) groups is 1. The minimum Gasteiger partial charge on any atom is -0.478 e.